The fraction of sp³-hybridized carbons (Fsp3) is 0. The summed E-state index contributed by atoms with van der Waals surface area (Å²) in [5, 5.41) is 13.8. The third-order valence-corrected chi connectivity index (χ3v) is 0. The van der Waals surface area contributed by atoms with Gasteiger partial charge >= 0.3 is 34.2 Å². The first-order valence-electron chi connectivity index (χ1n) is 0.988. The van der Waals surface area contributed by atoms with E-state index in [1.807, 2.05) is 0 Å². The van der Waals surface area contributed by atoms with Gasteiger partial charge in [0.25, 0.3) is 0 Å². The van der Waals surface area contributed by atoms with Gasteiger partial charge in [0.05, 0.1) is 0 Å². The first kappa shape index (κ1) is 23.2. The predicted molar refractivity (Wildman–Crippen MR) is 26.7 cm³/mol. The van der Waals surface area contributed by atoms with Gasteiger partial charge in [-0.1, -0.05) is 0 Å². The molecule has 0 aliphatic rings. The molecule has 0 spiro atoms. The van der Waals surface area contributed by atoms with Gasteiger partial charge in [-0.25, -0.2) is 0 Å². The molecule has 0 aromatic heterocycles. The Labute approximate surface area is 87.4 Å². The van der Waals surface area contributed by atoms with E-state index < -0.39 is 0 Å². The van der Waals surface area contributed by atoms with Crippen LogP contribution in [-0.2, 0) is 9.41 Å². The van der Waals surface area contributed by atoms with E-state index in [4.69, 9.17) is 19.5 Å². The van der Waals surface area contributed by atoms with Gasteiger partial charge in [-0.05, 0) is 0 Å². The Morgan fingerprint density at radius 1 is 1.00 bits per heavy atom. The van der Waals surface area contributed by atoms with E-state index in [-0.39, 0.29) is 69.1 Å². The van der Waals surface area contributed by atoms with E-state index in [2.05, 4.69) is 0 Å². The molecule has 5 nitrogen and oxygen atoms in total. The molecule has 0 bridgehead atoms. The van der Waals surface area contributed by atoms with Gasteiger partial charge in [-0.15, -0.1) is 0 Å². The number of rotatable bonds is 0. The summed E-state index contributed by atoms with van der Waals surface area (Å²) in [7, 11) is -0.500. The maximum atomic E-state index is 8.36. The Morgan fingerprint density at radius 2 is 1.00 bits per heavy atom. The Morgan fingerprint density at radius 3 is 1.00 bits per heavy atom. The van der Waals surface area contributed by atoms with Crippen molar-refractivity contribution in [3.05, 3.63) is 0 Å². The average molecular weight is 243 g/mol. The van der Waals surface area contributed by atoms with Crippen LogP contribution in [0, 0.1) is 0 Å². The largest absolute Gasteiger partial charge is 0 e. The van der Waals surface area contributed by atoms with Crippen LogP contribution in [0.2, 0.25) is 0 Å². The minimum absolute atomic E-state index is 0. The van der Waals surface area contributed by atoms with Crippen LogP contribution in [0.3, 0.4) is 0 Å². The molecule has 8 heavy (non-hydrogen) atoms. The molecular weight excluding hydrogens is 239 g/mol. The monoisotopic (exact) mass is 244 g/mol. The predicted octanol–water partition coefficient (Wildman–Crippen LogP) is -3.32. The maximum Gasteiger partial charge on any atom is 0 e. The van der Waals surface area contributed by atoms with Crippen LogP contribution in [0.1, 0.15) is 0 Å². The molecule has 8 heteroatoms. The quantitative estimate of drug-likeness (QED) is 0.434. The summed E-state index contributed by atoms with van der Waals surface area (Å²) in [5.74, 6) is 0. The van der Waals surface area contributed by atoms with Gasteiger partial charge in [0, 0.05) is 48.9 Å². The molecule has 0 atom stereocenters. The second-order valence-electron chi connectivity index (χ2n) is 0.211. The molecular formula is H4B2BaO5. The minimum atomic E-state index is -0.250. The van der Waals surface area contributed by atoms with Crippen molar-refractivity contribution in [3.63, 3.8) is 0 Å². The zero-order valence-electron chi connectivity index (χ0n) is 4.07. The first-order valence-corrected chi connectivity index (χ1v) is 0.988. The Bertz CT molecular complexity index is 31.4. The van der Waals surface area contributed by atoms with Gasteiger partial charge in [0.15, 0.2) is 0 Å². The van der Waals surface area contributed by atoms with Crippen molar-refractivity contribution < 1.29 is 24.9 Å². The molecule has 0 fully saturated rings. The Balaban J connectivity index is -0.0000000160. The van der Waals surface area contributed by atoms with Gasteiger partial charge < -0.3 is 5.48 Å². The Kier molecular flexibility index (Phi) is 131. The van der Waals surface area contributed by atoms with Crippen molar-refractivity contribution in [1.29, 1.82) is 0 Å². The molecule has 0 rings (SSSR count). The van der Waals surface area contributed by atoms with Gasteiger partial charge in [-0.3, -0.25) is 0 Å². The van der Waals surface area contributed by atoms with Crippen LogP contribution in [0.25, 0.3) is 0 Å². The molecule has 42 valence electrons. The molecule has 4 N–H and O–H groups in total. The third kappa shape index (κ3) is 318. The van der Waals surface area contributed by atoms with Crippen LogP contribution in [0.15, 0.2) is 0 Å². The zero-order valence-corrected chi connectivity index (χ0v) is 8.51. The van der Waals surface area contributed by atoms with Crippen molar-refractivity contribution >= 4 is 63.6 Å². The second kappa shape index (κ2) is 45.2. The molecule has 0 saturated carbocycles. The van der Waals surface area contributed by atoms with Crippen LogP contribution < -0.4 is 0 Å². The van der Waals surface area contributed by atoms with Crippen molar-refractivity contribution in [3.8, 4) is 0 Å². The number of hydrogen-bond donors (Lipinski definition) is 2. The first-order chi connectivity index (χ1) is 2.83. The molecule has 0 aromatic carbocycles. The summed E-state index contributed by atoms with van der Waals surface area (Å²) >= 11 is 0. The fourth-order valence-corrected chi connectivity index (χ4v) is 0. The van der Waals surface area contributed by atoms with Crippen LogP contribution >= 0.6 is 0 Å². The minimum Gasteiger partial charge on any atom is 0 e. The van der Waals surface area contributed by atoms with Gasteiger partial charge in [-0.2, -0.15) is 0 Å². The van der Waals surface area contributed by atoms with E-state index in [1.54, 1.807) is 0 Å². The van der Waals surface area contributed by atoms with Crippen molar-refractivity contribution in [2.75, 3.05) is 0 Å². The standard InChI is InChI=1S/2BHO2.Ba.H2O/c2*2-1-3;;/h2*2H;;1H2. The molecule has 0 amide bonds. The summed E-state index contributed by atoms with van der Waals surface area (Å²) in [6.45, 7) is 0. The normalized spacial score (nSPS) is 2.00. The SMILES string of the molecule is O.O=BO.O=BO.[Ba]. The van der Waals surface area contributed by atoms with Crippen LogP contribution in [0.4, 0.5) is 0 Å². The summed E-state index contributed by atoms with van der Waals surface area (Å²) in [6.07, 6.45) is 0. The smallest absolute Gasteiger partial charge is 0 e. The van der Waals surface area contributed by atoms with Crippen LogP contribution in [-0.4, -0.2) is 79.1 Å². The van der Waals surface area contributed by atoms with Gasteiger partial charge in [0.1, 0.15) is 0 Å². The van der Waals surface area contributed by atoms with Crippen molar-refractivity contribution in [1.82, 2.24) is 0 Å². The molecule has 0 unspecified atom stereocenters. The summed E-state index contributed by atoms with van der Waals surface area (Å²) in [4.78, 5) is 0. The molecule has 2 radical (unpaired) electrons. The summed E-state index contributed by atoms with van der Waals surface area (Å²) in [5.41, 5.74) is 0. The fourth-order valence-electron chi connectivity index (χ4n) is 0. The number of hydrogen-bond acceptors (Lipinski definition) is 2. The van der Waals surface area contributed by atoms with E-state index in [0.717, 1.165) is 0 Å². The van der Waals surface area contributed by atoms with E-state index in [1.165, 1.54) is 0 Å². The van der Waals surface area contributed by atoms with E-state index in [9.17, 15) is 0 Å². The Hall–Kier alpha value is 0.861. The molecule has 0 aromatic rings. The van der Waals surface area contributed by atoms with Crippen molar-refractivity contribution in [2.24, 2.45) is 0 Å². The third-order valence-electron chi connectivity index (χ3n) is 0. The topological polar surface area (TPSA) is 106 Å². The molecule has 0 aliphatic carbocycles. The van der Waals surface area contributed by atoms with E-state index >= 15 is 0 Å². The zero-order chi connectivity index (χ0) is 5.41. The second-order valence-corrected chi connectivity index (χ2v) is 0.211. The van der Waals surface area contributed by atoms with Crippen molar-refractivity contribution in [2.45, 2.75) is 0 Å². The summed E-state index contributed by atoms with van der Waals surface area (Å²) < 4.78 is 16.7. The molecule has 0 aliphatic heterocycles. The van der Waals surface area contributed by atoms with Crippen LogP contribution in [0.5, 0.6) is 0 Å². The average Bonchev–Trinajstić information content (AvgIpc) is 1.39. The maximum absolute atomic E-state index is 8.36. The molecule has 0 saturated heterocycles. The summed E-state index contributed by atoms with van der Waals surface area (Å²) in [6, 6.07) is 0. The van der Waals surface area contributed by atoms with E-state index in [0.29, 0.717) is 0 Å². The van der Waals surface area contributed by atoms with Gasteiger partial charge in [0.2, 0.25) is 0 Å². The molecule has 0 heterocycles.